The van der Waals surface area contributed by atoms with Crippen LogP contribution < -0.4 is 0 Å². The van der Waals surface area contributed by atoms with Crippen LogP contribution in [0.3, 0.4) is 0 Å². The minimum Gasteiger partial charge on any atom is -0.450 e. The lowest BCUT2D eigenvalue weighted by molar-refractivity contribution is -0.0230. The molecule has 0 heterocycles. The monoisotopic (exact) mass is 444 g/mol. The van der Waals surface area contributed by atoms with Gasteiger partial charge in [-0.3, -0.25) is 0 Å². The lowest BCUT2D eigenvalue weighted by Gasteiger charge is -2.31. The second kappa shape index (κ2) is 8.16. The number of hydrogen-bond donors (Lipinski definition) is 0. The Hall–Kier alpha value is -4.44. The average molecular weight is 444 g/mol. The van der Waals surface area contributed by atoms with Gasteiger partial charge in [0.05, 0.1) is 11.1 Å². The fourth-order valence-corrected chi connectivity index (χ4v) is 4.77. The van der Waals surface area contributed by atoms with Gasteiger partial charge in [0.2, 0.25) is 0 Å². The molecule has 6 rings (SSSR count). The van der Waals surface area contributed by atoms with E-state index in [1.807, 2.05) is 42.5 Å². The van der Waals surface area contributed by atoms with Crippen molar-refractivity contribution in [2.45, 2.75) is 12.2 Å². The molecule has 4 aromatic rings. The third kappa shape index (κ3) is 3.32. The number of rotatable bonds is 4. The quantitative estimate of drug-likeness (QED) is 0.308. The molecule has 0 saturated heterocycles. The van der Waals surface area contributed by atoms with E-state index >= 15 is 0 Å². The first-order valence-electron chi connectivity index (χ1n) is 11.2. The summed E-state index contributed by atoms with van der Waals surface area (Å²) in [5, 5.41) is 0. The zero-order valence-corrected chi connectivity index (χ0v) is 18.2. The van der Waals surface area contributed by atoms with Crippen molar-refractivity contribution in [3.05, 3.63) is 137 Å². The molecular weight excluding hydrogens is 424 g/mol. The molecular formula is C30H20O4. The number of ether oxygens (including phenoxy) is 2. The van der Waals surface area contributed by atoms with E-state index < -0.39 is 24.1 Å². The highest BCUT2D eigenvalue weighted by Gasteiger charge is 2.40. The van der Waals surface area contributed by atoms with Crippen molar-refractivity contribution >= 4 is 17.5 Å². The van der Waals surface area contributed by atoms with Crippen molar-refractivity contribution in [3.8, 4) is 11.1 Å². The second-order valence-corrected chi connectivity index (χ2v) is 8.32. The van der Waals surface area contributed by atoms with E-state index in [9.17, 15) is 9.59 Å². The number of fused-ring (bicyclic) bond motifs is 3. The first-order valence-corrected chi connectivity index (χ1v) is 11.2. The number of carbonyl (C=O) groups is 2. The molecule has 0 spiro atoms. The largest absolute Gasteiger partial charge is 0.450 e. The summed E-state index contributed by atoms with van der Waals surface area (Å²) < 4.78 is 12.0. The highest BCUT2D eigenvalue weighted by molar-refractivity contribution is 6.03. The third-order valence-corrected chi connectivity index (χ3v) is 6.31. The summed E-state index contributed by atoms with van der Waals surface area (Å²) in [5.74, 6) is -0.926. The van der Waals surface area contributed by atoms with E-state index in [4.69, 9.17) is 9.47 Å². The highest BCUT2D eigenvalue weighted by Crippen LogP contribution is 2.51. The van der Waals surface area contributed by atoms with E-state index in [1.54, 1.807) is 48.5 Å². The van der Waals surface area contributed by atoms with Gasteiger partial charge in [-0.15, -0.1) is 0 Å². The molecule has 4 heteroatoms. The lowest BCUT2D eigenvalue weighted by Crippen LogP contribution is -2.31. The summed E-state index contributed by atoms with van der Waals surface area (Å²) in [4.78, 5) is 26.0. The Morgan fingerprint density at radius 1 is 0.559 bits per heavy atom. The lowest BCUT2D eigenvalue weighted by atomic mass is 9.86. The normalized spacial score (nSPS) is 17.2. The van der Waals surface area contributed by atoms with Gasteiger partial charge < -0.3 is 9.47 Å². The Bertz CT molecular complexity index is 1440. The molecule has 0 fully saturated rings. The van der Waals surface area contributed by atoms with Crippen molar-refractivity contribution in [3.63, 3.8) is 0 Å². The first kappa shape index (κ1) is 20.2. The van der Waals surface area contributed by atoms with Gasteiger partial charge in [0.1, 0.15) is 0 Å². The van der Waals surface area contributed by atoms with Crippen molar-refractivity contribution in [2.75, 3.05) is 0 Å². The fourth-order valence-electron chi connectivity index (χ4n) is 4.77. The summed E-state index contributed by atoms with van der Waals surface area (Å²) in [5.41, 5.74) is 7.05. The fraction of sp³-hybridized carbons (Fsp3) is 0.0667. The highest BCUT2D eigenvalue weighted by atomic mass is 16.6. The van der Waals surface area contributed by atoms with Crippen LogP contribution in [0.15, 0.2) is 109 Å². The van der Waals surface area contributed by atoms with Crippen LogP contribution in [0, 0.1) is 0 Å². The molecule has 4 nitrogen and oxygen atoms in total. The number of hydrogen-bond acceptors (Lipinski definition) is 4. The molecule has 4 aromatic carbocycles. The van der Waals surface area contributed by atoms with Crippen LogP contribution >= 0.6 is 0 Å². The molecule has 0 N–H and O–H groups in total. The molecule has 0 amide bonds. The zero-order valence-electron chi connectivity index (χ0n) is 18.2. The first-order chi connectivity index (χ1) is 16.7. The average Bonchev–Trinajstić information content (AvgIpc) is 3.22. The van der Waals surface area contributed by atoms with Gasteiger partial charge in [-0.1, -0.05) is 78.9 Å². The molecule has 0 unspecified atom stereocenters. The number of carbonyl (C=O) groups excluding carboxylic acids is 2. The topological polar surface area (TPSA) is 52.6 Å². The molecule has 0 aromatic heterocycles. The van der Waals surface area contributed by atoms with E-state index in [2.05, 4.69) is 18.2 Å². The Labute approximate surface area is 197 Å². The minimum absolute atomic E-state index is 0.445. The van der Waals surface area contributed by atoms with Gasteiger partial charge in [0.15, 0.2) is 12.2 Å². The van der Waals surface area contributed by atoms with Crippen LogP contribution in [0.4, 0.5) is 0 Å². The molecule has 0 saturated carbocycles. The number of benzene rings is 4. The molecule has 164 valence electrons. The summed E-state index contributed by atoms with van der Waals surface area (Å²) in [6.07, 6.45) is 0.374. The number of esters is 2. The van der Waals surface area contributed by atoms with E-state index in [0.717, 1.165) is 33.4 Å². The summed E-state index contributed by atoms with van der Waals surface area (Å²) in [7, 11) is 0. The van der Waals surface area contributed by atoms with Crippen LogP contribution in [0.5, 0.6) is 0 Å². The molecule has 0 radical (unpaired) electrons. The van der Waals surface area contributed by atoms with Gasteiger partial charge >= 0.3 is 11.9 Å². The maximum Gasteiger partial charge on any atom is 0.338 e. The van der Waals surface area contributed by atoms with Gasteiger partial charge in [-0.25, -0.2) is 9.59 Å². The van der Waals surface area contributed by atoms with Crippen molar-refractivity contribution in [1.29, 1.82) is 0 Å². The second-order valence-electron chi connectivity index (χ2n) is 8.32. The SMILES string of the molecule is O=C(O[C@H]1C=C2c3ccccc3-c3cccc(c32)[C@@H]1OC(=O)c1ccccc1)c1ccccc1. The van der Waals surface area contributed by atoms with E-state index in [0.29, 0.717) is 11.1 Å². The third-order valence-electron chi connectivity index (χ3n) is 6.31. The van der Waals surface area contributed by atoms with Crippen LogP contribution in [0.2, 0.25) is 0 Å². The standard InChI is InChI=1S/C30H20O4/c31-29(19-10-3-1-4-11-19)33-26-18-25-22-15-8-7-14-21(22)23-16-9-17-24(27(23)25)28(26)34-30(32)20-12-5-2-6-13-20/h1-18,26,28H/t26-,28-/m0/s1. The Balaban J connectivity index is 1.44. The predicted octanol–water partition coefficient (Wildman–Crippen LogP) is 6.24. The summed E-state index contributed by atoms with van der Waals surface area (Å²) in [6.45, 7) is 0. The van der Waals surface area contributed by atoms with Crippen LogP contribution in [0.25, 0.3) is 16.7 Å². The van der Waals surface area contributed by atoms with Gasteiger partial charge in [0, 0.05) is 5.56 Å². The van der Waals surface area contributed by atoms with Crippen LogP contribution in [0.1, 0.15) is 43.5 Å². The minimum atomic E-state index is -0.774. The predicted molar refractivity (Wildman–Crippen MR) is 129 cm³/mol. The van der Waals surface area contributed by atoms with Crippen LogP contribution in [-0.4, -0.2) is 18.0 Å². The van der Waals surface area contributed by atoms with Gasteiger partial charge in [0.25, 0.3) is 0 Å². The summed E-state index contributed by atoms with van der Waals surface area (Å²) >= 11 is 0. The van der Waals surface area contributed by atoms with Crippen molar-refractivity contribution in [1.82, 2.24) is 0 Å². The van der Waals surface area contributed by atoms with Gasteiger partial charge in [-0.2, -0.15) is 0 Å². The maximum atomic E-state index is 13.0. The van der Waals surface area contributed by atoms with E-state index in [1.165, 1.54) is 0 Å². The van der Waals surface area contributed by atoms with E-state index in [-0.39, 0.29) is 0 Å². The molecule has 0 bridgehead atoms. The van der Waals surface area contributed by atoms with Crippen molar-refractivity contribution < 1.29 is 19.1 Å². The molecule has 0 aliphatic heterocycles. The molecule has 34 heavy (non-hydrogen) atoms. The van der Waals surface area contributed by atoms with Crippen LogP contribution in [-0.2, 0) is 9.47 Å². The Morgan fingerprint density at radius 3 is 1.79 bits per heavy atom. The Kier molecular flexibility index (Phi) is 4.84. The smallest absolute Gasteiger partial charge is 0.338 e. The zero-order chi connectivity index (χ0) is 23.1. The van der Waals surface area contributed by atoms with Crippen molar-refractivity contribution in [2.24, 2.45) is 0 Å². The summed E-state index contributed by atoms with van der Waals surface area (Å²) in [6, 6.07) is 31.8. The molecule has 2 aliphatic rings. The van der Waals surface area contributed by atoms with Gasteiger partial charge in [-0.05, 0) is 58.2 Å². The molecule has 2 aliphatic carbocycles. The molecule has 2 atom stereocenters. The maximum absolute atomic E-state index is 13.0. The Morgan fingerprint density at radius 2 is 1.12 bits per heavy atom.